The zero-order valence-corrected chi connectivity index (χ0v) is 16.4. The highest BCUT2D eigenvalue weighted by Crippen LogP contribution is 2.26. The van der Waals surface area contributed by atoms with E-state index in [9.17, 15) is 9.59 Å². The lowest BCUT2D eigenvalue weighted by Gasteiger charge is -2.30. The third kappa shape index (κ3) is 3.30. The Morgan fingerprint density at radius 2 is 1.93 bits per heavy atom. The molecular weight excluding hydrogens is 380 g/mol. The van der Waals surface area contributed by atoms with Gasteiger partial charge in [0.25, 0.3) is 11.3 Å². The van der Waals surface area contributed by atoms with Crippen molar-refractivity contribution < 1.29 is 9.32 Å². The molecule has 0 N–H and O–H groups in total. The first-order valence-corrected chi connectivity index (χ1v) is 9.89. The number of likely N-dealkylation sites (tertiary alicyclic amines) is 1. The van der Waals surface area contributed by atoms with Gasteiger partial charge in [-0.05, 0) is 37.8 Å². The second kappa shape index (κ2) is 7.75. The number of aromatic nitrogens is 3. The summed E-state index contributed by atoms with van der Waals surface area (Å²) in [6.45, 7) is 3.38. The fourth-order valence-corrected chi connectivity index (χ4v) is 3.83. The number of fused-ring (bicyclic) bond motifs is 1. The molecule has 4 rings (SSSR count). The van der Waals surface area contributed by atoms with Crippen LogP contribution in [-0.4, -0.2) is 38.6 Å². The lowest BCUT2D eigenvalue weighted by molar-refractivity contribution is -0.135. The summed E-state index contributed by atoms with van der Waals surface area (Å²) in [5, 5.41) is 4.89. The molecule has 1 saturated heterocycles. The minimum absolute atomic E-state index is 0.0325. The molecule has 0 saturated carbocycles. The van der Waals surface area contributed by atoms with Crippen molar-refractivity contribution in [3.63, 3.8) is 0 Å². The number of piperidine rings is 1. The first-order chi connectivity index (χ1) is 13.6. The van der Waals surface area contributed by atoms with E-state index in [0.29, 0.717) is 22.7 Å². The van der Waals surface area contributed by atoms with Gasteiger partial charge in [-0.1, -0.05) is 35.8 Å². The molecule has 1 fully saturated rings. The van der Waals surface area contributed by atoms with E-state index >= 15 is 0 Å². The summed E-state index contributed by atoms with van der Waals surface area (Å²) in [5.74, 6) is -0.0325. The van der Waals surface area contributed by atoms with Crippen molar-refractivity contribution in [2.45, 2.75) is 38.6 Å². The first kappa shape index (κ1) is 18.7. The number of halogens is 1. The zero-order valence-electron chi connectivity index (χ0n) is 15.6. The van der Waals surface area contributed by atoms with Crippen molar-refractivity contribution in [1.82, 2.24) is 19.6 Å². The van der Waals surface area contributed by atoms with Gasteiger partial charge >= 0.3 is 0 Å². The number of hydrogen-bond acceptors (Lipinski definition) is 5. The van der Waals surface area contributed by atoms with Crippen molar-refractivity contribution >= 4 is 28.6 Å². The van der Waals surface area contributed by atoms with Crippen LogP contribution in [0.25, 0.3) is 22.4 Å². The van der Waals surface area contributed by atoms with E-state index in [2.05, 4.69) is 10.1 Å². The van der Waals surface area contributed by atoms with Crippen molar-refractivity contribution in [3.8, 4) is 11.3 Å². The zero-order chi connectivity index (χ0) is 19.7. The predicted molar refractivity (Wildman–Crippen MR) is 106 cm³/mol. The van der Waals surface area contributed by atoms with Gasteiger partial charge in [-0.3, -0.25) is 14.2 Å². The Bertz CT molecular complexity index is 1050. The molecule has 146 valence electrons. The molecule has 0 spiro atoms. The molecule has 3 heterocycles. The molecule has 2 aromatic heterocycles. The van der Waals surface area contributed by atoms with E-state index in [4.69, 9.17) is 16.1 Å². The number of nitrogens with zero attached hydrogens (tertiary/aromatic N) is 4. The highest BCUT2D eigenvalue weighted by molar-refractivity contribution is 6.30. The Labute approximate surface area is 166 Å². The Kier molecular flexibility index (Phi) is 5.17. The Balaban J connectivity index is 1.78. The molecule has 28 heavy (non-hydrogen) atoms. The van der Waals surface area contributed by atoms with E-state index < -0.39 is 6.04 Å². The van der Waals surface area contributed by atoms with Crippen LogP contribution in [0.2, 0.25) is 5.02 Å². The number of amides is 1. The van der Waals surface area contributed by atoms with Gasteiger partial charge in [0.1, 0.15) is 23.4 Å². The molecule has 0 radical (unpaired) electrons. The van der Waals surface area contributed by atoms with Crippen LogP contribution in [-0.2, 0) is 4.79 Å². The SMILES string of the molecule is CC[C@H](C(=O)N1CCCCC1)n1cnc2onc(-c3ccc(Cl)cc3)c2c1=O. The lowest BCUT2D eigenvalue weighted by atomic mass is 10.1. The molecule has 3 aromatic rings. The number of carbonyl (C=O) groups excluding carboxylic acids is 1. The number of benzene rings is 1. The smallest absolute Gasteiger partial charge is 0.267 e. The quantitative estimate of drug-likeness (QED) is 0.667. The van der Waals surface area contributed by atoms with Gasteiger partial charge in [0.05, 0.1) is 0 Å². The summed E-state index contributed by atoms with van der Waals surface area (Å²) in [5.41, 5.74) is 0.939. The van der Waals surface area contributed by atoms with E-state index in [0.717, 1.165) is 32.4 Å². The molecular formula is C20H21ClN4O3. The first-order valence-electron chi connectivity index (χ1n) is 9.51. The van der Waals surface area contributed by atoms with Crippen LogP contribution in [0.4, 0.5) is 0 Å². The topological polar surface area (TPSA) is 81.2 Å². The maximum Gasteiger partial charge on any atom is 0.267 e. The average Bonchev–Trinajstić information content (AvgIpc) is 3.16. The van der Waals surface area contributed by atoms with Crippen molar-refractivity contribution in [3.05, 3.63) is 46.0 Å². The summed E-state index contributed by atoms with van der Waals surface area (Å²) >= 11 is 5.95. The van der Waals surface area contributed by atoms with Gasteiger partial charge in [0.15, 0.2) is 0 Å². The third-order valence-corrected chi connectivity index (χ3v) is 5.47. The summed E-state index contributed by atoms with van der Waals surface area (Å²) in [4.78, 5) is 32.4. The van der Waals surface area contributed by atoms with Gasteiger partial charge in [0.2, 0.25) is 5.91 Å². The van der Waals surface area contributed by atoms with Gasteiger partial charge in [-0.15, -0.1) is 0 Å². The predicted octanol–water partition coefficient (Wildman–Crippen LogP) is 3.67. The van der Waals surface area contributed by atoms with E-state index in [1.54, 1.807) is 24.3 Å². The fourth-order valence-electron chi connectivity index (χ4n) is 3.70. The van der Waals surface area contributed by atoms with Crippen LogP contribution in [0.1, 0.15) is 38.6 Å². The molecule has 1 amide bonds. The number of carbonyl (C=O) groups is 1. The van der Waals surface area contributed by atoms with Crippen LogP contribution >= 0.6 is 11.6 Å². The van der Waals surface area contributed by atoms with Gasteiger partial charge < -0.3 is 9.42 Å². The van der Waals surface area contributed by atoms with Crippen LogP contribution in [0.3, 0.4) is 0 Å². The number of rotatable bonds is 4. The third-order valence-electron chi connectivity index (χ3n) is 5.21. The highest BCUT2D eigenvalue weighted by atomic mass is 35.5. The Morgan fingerprint density at radius 3 is 2.61 bits per heavy atom. The second-order valence-electron chi connectivity index (χ2n) is 6.99. The van der Waals surface area contributed by atoms with Crippen molar-refractivity contribution in [1.29, 1.82) is 0 Å². The van der Waals surface area contributed by atoms with E-state index in [1.165, 1.54) is 10.9 Å². The maximum absolute atomic E-state index is 13.3. The molecule has 1 aliphatic rings. The molecule has 7 nitrogen and oxygen atoms in total. The second-order valence-corrected chi connectivity index (χ2v) is 7.42. The monoisotopic (exact) mass is 400 g/mol. The highest BCUT2D eigenvalue weighted by Gasteiger charge is 2.28. The van der Waals surface area contributed by atoms with Crippen molar-refractivity contribution in [2.75, 3.05) is 13.1 Å². The van der Waals surface area contributed by atoms with Crippen LogP contribution in [0.5, 0.6) is 0 Å². The molecule has 1 aliphatic heterocycles. The van der Waals surface area contributed by atoms with Crippen molar-refractivity contribution in [2.24, 2.45) is 0 Å². The lowest BCUT2D eigenvalue weighted by Crippen LogP contribution is -2.42. The van der Waals surface area contributed by atoms with Crippen LogP contribution in [0, 0.1) is 0 Å². The molecule has 8 heteroatoms. The Hall–Kier alpha value is -2.67. The van der Waals surface area contributed by atoms with Crippen LogP contribution < -0.4 is 5.56 Å². The molecule has 0 aliphatic carbocycles. The Morgan fingerprint density at radius 1 is 1.21 bits per heavy atom. The van der Waals surface area contributed by atoms with Gasteiger partial charge in [-0.2, -0.15) is 0 Å². The minimum Gasteiger partial charge on any atom is -0.341 e. The summed E-state index contributed by atoms with van der Waals surface area (Å²) in [6.07, 6.45) is 5.03. The van der Waals surface area contributed by atoms with Gasteiger partial charge in [0, 0.05) is 23.7 Å². The largest absolute Gasteiger partial charge is 0.341 e. The van der Waals surface area contributed by atoms with E-state index in [1.807, 2.05) is 11.8 Å². The van der Waals surface area contributed by atoms with Crippen LogP contribution in [0.15, 0.2) is 39.9 Å². The maximum atomic E-state index is 13.3. The van der Waals surface area contributed by atoms with Gasteiger partial charge in [-0.25, -0.2) is 4.98 Å². The normalized spacial score (nSPS) is 15.7. The molecule has 0 unspecified atom stereocenters. The number of hydrogen-bond donors (Lipinski definition) is 0. The van der Waals surface area contributed by atoms with E-state index in [-0.39, 0.29) is 22.6 Å². The molecule has 0 bridgehead atoms. The molecule has 1 aromatic carbocycles. The molecule has 1 atom stereocenters. The standard InChI is InChI=1S/C20H21ClN4O3/c1-2-15(19(26)24-10-4-3-5-11-24)25-12-22-18-16(20(25)27)17(23-28-18)13-6-8-14(21)9-7-13/h6-9,12,15H,2-5,10-11H2,1H3/t15-/m1/s1. The average molecular weight is 401 g/mol. The fraction of sp³-hybridized carbons (Fsp3) is 0.400. The summed E-state index contributed by atoms with van der Waals surface area (Å²) in [7, 11) is 0. The summed E-state index contributed by atoms with van der Waals surface area (Å²) in [6, 6.07) is 6.40. The minimum atomic E-state index is -0.588. The summed E-state index contributed by atoms with van der Waals surface area (Å²) < 4.78 is 6.67.